The highest BCUT2D eigenvalue weighted by molar-refractivity contribution is 5.82. The molecule has 0 radical (unpaired) electrons. The summed E-state index contributed by atoms with van der Waals surface area (Å²) in [6.07, 6.45) is 5.68. The Morgan fingerprint density at radius 1 is 1.41 bits per heavy atom. The van der Waals surface area contributed by atoms with E-state index in [9.17, 15) is 4.79 Å². The first-order valence-corrected chi connectivity index (χ1v) is 8.19. The Kier molecular flexibility index (Phi) is 4.54. The molecule has 0 aromatic carbocycles. The average molecular weight is 306 g/mol. The molecule has 22 heavy (non-hydrogen) atoms. The van der Waals surface area contributed by atoms with Crippen LogP contribution in [0.2, 0.25) is 0 Å². The number of hydrogen-bond acceptors (Lipinski definition) is 4. The summed E-state index contributed by atoms with van der Waals surface area (Å²) < 4.78 is 10.5. The summed E-state index contributed by atoms with van der Waals surface area (Å²) in [7, 11) is 1.70. The lowest BCUT2D eigenvalue weighted by Gasteiger charge is -2.41. The van der Waals surface area contributed by atoms with Gasteiger partial charge in [0.15, 0.2) is 0 Å². The molecule has 1 amide bonds. The largest absolute Gasteiger partial charge is 0.472 e. The van der Waals surface area contributed by atoms with Gasteiger partial charge in [-0.25, -0.2) is 0 Å². The number of likely N-dealkylation sites (tertiary alicyclic amines) is 2. The Bertz CT molecular complexity index is 492. The number of furan rings is 1. The molecular formula is C17H26N2O3. The summed E-state index contributed by atoms with van der Waals surface area (Å²) in [5, 5.41) is 0. The zero-order chi connectivity index (χ0) is 15.6. The van der Waals surface area contributed by atoms with Gasteiger partial charge in [-0.3, -0.25) is 9.69 Å². The minimum atomic E-state index is 0.0357. The predicted octanol–water partition coefficient (Wildman–Crippen LogP) is 1.99. The maximum absolute atomic E-state index is 12.6. The maximum Gasteiger partial charge on any atom is 0.228 e. The summed E-state index contributed by atoms with van der Waals surface area (Å²) in [5.41, 5.74) is 1.33. The molecule has 2 fully saturated rings. The monoisotopic (exact) mass is 306 g/mol. The van der Waals surface area contributed by atoms with Gasteiger partial charge in [0.2, 0.25) is 5.91 Å². The van der Waals surface area contributed by atoms with E-state index in [1.54, 1.807) is 13.4 Å². The van der Waals surface area contributed by atoms with Crippen molar-refractivity contribution in [3.8, 4) is 0 Å². The molecule has 1 aromatic rings. The van der Waals surface area contributed by atoms with Gasteiger partial charge in [0.25, 0.3) is 0 Å². The van der Waals surface area contributed by atoms with E-state index in [0.29, 0.717) is 6.61 Å². The number of methoxy groups -OCH3 is 1. The molecule has 1 atom stereocenters. The lowest BCUT2D eigenvalue weighted by molar-refractivity contribution is -0.133. The molecule has 0 N–H and O–H groups in total. The first-order valence-electron chi connectivity index (χ1n) is 8.19. The molecule has 0 bridgehead atoms. The number of hydrogen-bond donors (Lipinski definition) is 0. The van der Waals surface area contributed by atoms with Crippen molar-refractivity contribution in [1.82, 2.24) is 9.80 Å². The van der Waals surface area contributed by atoms with Gasteiger partial charge >= 0.3 is 0 Å². The van der Waals surface area contributed by atoms with E-state index in [1.807, 2.05) is 17.2 Å². The van der Waals surface area contributed by atoms with Crippen LogP contribution >= 0.6 is 0 Å². The first-order chi connectivity index (χ1) is 10.7. The number of piperidine rings is 1. The molecule has 2 aliphatic rings. The molecule has 3 rings (SSSR count). The number of carbonyl (C=O) groups is 1. The molecular weight excluding hydrogens is 280 g/mol. The summed E-state index contributed by atoms with van der Waals surface area (Å²) in [4.78, 5) is 17.0. The fourth-order valence-corrected chi connectivity index (χ4v) is 4.04. The predicted molar refractivity (Wildman–Crippen MR) is 83.3 cm³/mol. The van der Waals surface area contributed by atoms with Crippen LogP contribution in [0.25, 0.3) is 0 Å². The average Bonchev–Trinajstić information content (AvgIpc) is 3.12. The van der Waals surface area contributed by atoms with Crippen LogP contribution in [0, 0.1) is 11.3 Å². The highest BCUT2D eigenvalue weighted by Gasteiger charge is 2.52. The second kappa shape index (κ2) is 6.42. The van der Waals surface area contributed by atoms with Crippen LogP contribution in [-0.4, -0.2) is 55.6 Å². The van der Waals surface area contributed by atoms with Crippen molar-refractivity contribution in [1.29, 1.82) is 0 Å². The molecule has 2 aliphatic heterocycles. The van der Waals surface area contributed by atoms with Crippen LogP contribution in [0.3, 0.4) is 0 Å². The molecule has 122 valence electrons. The Labute approximate surface area is 132 Å². The van der Waals surface area contributed by atoms with Crippen LogP contribution in [0.1, 0.15) is 25.3 Å². The number of carbonyl (C=O) groups excluding carboxylic acids is 1. The number of nitrogens with zero attached hydrogens (tertiary/aromatic N) is 2. The van der Waals surface area contributed by atoms with E-state index in [1.165, 1.54) is 5.56 Å². The number of amides is 1. The normalized spacial score (nSPS) is 25.3. The van der Waals surface area contributed by atoms with E-state index < -0.39 is 0 Å². The zero-order valence-electron chi connectivity index (χ0n) is 13.6. The van der Waals surface area contributed by atoms with Gasteiger partial charge in [0, 0.05) is 37.7 Å². The molecule has 0 saturated carbocycles. The Morgan fingerprint density at radius 2 is 2.18 bits per heavy atom. The van der Waals surface area contributed by atoms with Crippen molar-refractivity contribution >= 4 is 5.91 Å². The van der Waals surface area contributed by atoms with Crippen LogP contribution in [0.4, 0.5) is 0 Å². The third-order valence-electron chi connectivity index (χ3n) is 5.41. The lowest BCUT2D eigenvalue weighted by atomic mass is 9.71. The van der Waals surface area contributed by atoms with Crippen molar-refractivity contribution in [2.45, 2.75) is 26.3 Å². The van der Waals surface area contributed by atoms with Crippen molar-refractivity contribution in [2.75, 3.05) is 39.9 Å². The van der Waals surface area contributed by atoms with Gasteiger partial charge in [-0.1, -0.05) is 0 Å². The minimum Gasteiger partial charge on any atom is -0.472 e. The molecule has 1 aromatic heterocycles. The van der Waals surface area contributed by atoms with Crippen LogP contribution in [0.15, 0.2) is 23.0 Å². The van der Waals surface area contributed by atoms with E-state index in [4.69, 9.17) is 9.15 Å². The molecule has 2 saturated heterocycles. The Balaban J connectivity index is 1.65. The SMILES string of the molecule is CCN1CC2(CCN(Cc3ccoc3)CC2)[C@@H](COC)C1=O. The highest BCUT2D eigenvalue weighted by Crippen LogP contribution is 2.45. The molecule has 3 heterocycles. The van der Waals surface area contributed by atoms with Crippen molar-refractivity contribution in [2.24, 2.45) is 11.3 Å². The number of ether oxygens (including phenoxy) is 1. The Morgan fingerprint density at radius 3 is 2.77 bits per heavy atom. The summed E-state index contributed by atoms with van der Waals surface area (Å²) in [6.45, 7) is 7.33. The van der Waals surface area contributed by atoms with Crippen molar-refractivity contribution in [3.63, 3.8) is 0 Å². The maximum atomic E-state index is 12.6. The van der Waals surface area contributed by atoms with Gasteiger partial charge < -0.3 is 14.1 Å². The van der Waals surface area contributed by atoms with Gasteiger partial charge in [-0.15, -0.1) is 0 Å². The topological polar surface area (TPSA) is 45.9 Å². The lowest BCUT2D eigenvalue weighted by Crippen LogP contribution is -2.45. The third-order valence-corrected chi connectivity index (χ3v) is 5.41. The quantitative estimate of drug-likeness (QED) is 0.834. The molecule has 1 spiro atoms. The second-order valence-electron chi connectivity index (χ2n) is 6.63. The second-order valence-corrected chi connectivity index (χ2v) is 6.63. The van der Waals surface area contributed by atoms with Crippen LogP contribution < -0.4 is 0 Å². The van der Waals surface area contributed by atoms with Gasteiger partial charge in [0.1, 0.15) is 0 Å². The van der Waals surface area contributed by atoms with Crippen molar-refractivity contribution < 1.29 is 13.9 Å². The van der Waals surface area contributed by atoms with E-state index in [2.05, 4.69) is 11.8 Å². The standard InChI is InChI=1S/C17H26N2O3/c1-3-19-13-17(15(12-21-2)16(19)20)5-7-18(8-6-17)10-14-4-9-22-11-14/h4,9,11,15H,3,5-8,10,12-13H2,1-2H3/t15-/m0/s1. The Hall–Kier alpha value is -1.33. The van der Waals surface area contributed by atoms with Gasteiger partial charge in [-0.05, 0) is 38.9 Å². The van der Waals surface area contributed by atoms with Crippen LogP contribution in [0.5, 0.6) is 0 Å². The summed E-state index contributed by atoms with van der Waals surface area (Å²) >= 11 is 0. The molecule has 0 unspecified atom stereocenters. The molecule has 0 aliphatic carbocycles. The fourth-order valence-electron chi connectivity index (χ4n) is 4.04. The molecule has 5 nitrogen and oxygen atoms in total. The zero-order valence-corrected chi connectivity index (χ0v) is 13.6. The van der Waals surface area contributed by atoms with E-state index >= 15 is 0 Å². The molecule has 5 heteroatoms. The van der Waals surface area contributed by atoms with E-state index in [-0.39, 0.29) is 17.2 Å². The smallest absolute Gasteiger partial charge is 0.228 e. The summed E-state index contributed by atoms with van der Waals surface area (Å²) in [6, 6.07) is 2.02. The number of rotatable bonds is 5. The van der Waals surface area contributed by atoms with Crippen molar-refractivity contribution in [3.05, 3.63) is 24.2 Å². The van der Waals surface area contributed by atoms with Gasteiger partial charge in [-0.2, -0.15) is 0 Å². The summed E-state index contributed by atoms with van der Waals surface area (Å²) in [5.74, 6) is 0.321. The minimum absolute atomic E-state index is 0.0357. The van der Waals surface area contributed by atoms with Crippen LogP contribution in [-0.2, 0) is 16.1 Å². The first kappa shape index (κ1) is 15.6. The van der Waals surface area contributed by atoms with E-state index in [0.717, 1.165) is 45.6 Å². The third kappa shape index (κ3) is 2.79. The van der Waals surface area contributed by atoms with Gasteiger partial charge in [0.05, 0.1) is 25.1 Å². The highest BCUT2D eigenvalue weighted by atomic mass is 16.5. The fraction of sp³-hybridized carbons (Fsp3) is 0.706.